The van der Waals surface area contributed by atoms with Crippen LogP contribution in [0.25, 0.3) is 0 Å². The van der Waals surface area contributed by atoms with E-state index in [-0.39, 0.29) is 23.3 Å². The molecule has 0 bridgehead atoms. The van der Waals surface area contributed by atoms with Crippen LogP contribution in [0.15, 0.2) is 18.2 Å². The van der Waals surface area contributed by atoms with E-state index in [1.807, 2.05) is 40.7 Å². The SMILES string of the molecule is CC(C)C(=O)NC1CCCc2ccc(C(O)C(C)(C)C)cc21. The van der Waals surface area contributed by atoms with Crippen molar-refractivity contribution < 1.29 is 9.90 Å². The lowest BCUT2D eigenvalue weighted by Crippen LogP contribution is -2.34. The van der Waals surface area contributed by atoms with Crippen LogP contribution < -0.4 is 5.32 Å². The van der Waals surface area contributed by atoms with E-state index in [0.717, 1.165) is 24.8 Å². The summed E-state index contributed by atoms with van der Waals surface area (Å²) in [6, 6.07) is 6.32. The molecule has 1 aromatic rings. The molecule has 3 nitrogen and oxygen atoms in total. The third-order valence-electron chi connectivity index (χ3n) is 4.46. The molecule has 2 unspecified atom stereocenters. The Morgan fingerprint density at radius 2 is 2.00 bits per heavy atom. The number of aliphatic hydroxyl groups excluding tert-OH is 1. The fourth-order valence-corrected chi connectivity index (χ4v) is 2.98. The Labute approximate surface area is 134 Å². The van der Waals surface area contributed by atoms with Gasteiger partial charge in [0.25, 0.3) is 0 Å². The Balaban J connectivity index is 2.30. The van der Waals surface area contributed by atoms with Gasteiger partial charge in [0, 0.05) is 5.92 Å². The van der Waals surface area contributed by atoms with Crippen molar-refractivity contribution in [2.75, 3.05) is 0 Å². The molecule has 2 rings (SSSR count). The Bertz CT molecular complexity index is 543. The molecule has 0 aliphatic heterocycles. The summed E-state index contributed by atoms with van der Waals surface area (Å²) < 4.78 is 0. The Morgan fingerprint density at radius 1 is 1.32 bits per heavy atom. The fourth-order valence-electron chi connectivity index (χ4n) is 2.98. The zero-order chi connectivity index (χ0) is 16.5. The van der Waals surface area contributed by atoms with Gasteiger partial charge in [-0.05, 0) is 41.4 Å². The molecule has 0 heterocycles. The van der Waals surface area contributed by atoms with Crippen LogP contribution in [0.1, 0.15) is 76.3 Å². The first kappa shape index (κ1) is 17.0. The van der Waals surface area contributed by atoms with E-state index < -0.39 is 6.10 Å². The van der Waals surface area contributed by atoms with E-state index in [1.165, 1.54) is 11.1 Å². The summed E-state index contributed by atoms with van der Waals surface area (Å²) in [5.74, 6) is 0.0911. The maximum Gasteiger partial charge on any atom is 0.223 e. The summed E-state index contributed by atoms with van der Waals surface area (Å²) in [7, 11) is 0. The molecule has 0 spiro atoms. The molecule has 2 N–H and O–H groups in total. The largest absolute Gasteiger partial charge is 0.388 e. The van der Waals surface area contributed by atoms with Crippen LogP contribution in [0, 0.1) is 11.3 Å². The Morgan fingerprint density at radius 3 is 2.59 bits per heavy atom. The Hall–Kier alpha value is -1.35. The van der Waals surface area contributed by atoms with Gasteiger partial charge in [0.05, 0.1) is 12.1 Å². The summed E-state index contributed by atoms with van der Waals surface area (Å²) in [6.07, 6.45) is 2.62. The first-order valence-electron chi connectivity index (χ1n) is 8.31. The summed E-state index contributed by atoms with van der Waals surface area (Å²) in [6.45, 7) is 9.94. The van der Waals surface area contributed by atoms with Crippen LogP contribution in [-0.2, 0) is 11.2 Å². The van der Waals surface area contributed by atoms with Crippen molar-refractivity contribution >= 4 is 5.91 Å². The van der Waals surface area contributed by atoms with Gasteiger partial charge in [0.15, 0.2) is 0 Å². The quantitative estimate of drug-likeness (QED) is 0.889. The highest BCUT2D eigenvalue weighted by molar-refractivity contribution is 5.78. The summed E-state index contributed by atoms with van der Waals surface area (Å²) >= 11 is 0. The minimum absolute atomic E-state index is 0.00581. The monoisotopic (exact) mass is 303 g/mol. The van der Waals surface area contributed by atoms with E-state index in [0.29, 0.717) is 0 Å². The van der Waals surface area contributed by atoms with Crippen LogP contribution in [0.3, 0.4) is 0 Å². The van der Waals surface area contributed by atoms with Gasteiger partial charge in [-0.2, -0.15) is 0 Å². The van der Waals surface area contributed by atoms with Gasteiger partial charge in [-0.3, -0.25) is 4.79 Å². The van der Waals surface area contributed by atoms with Crippen molar-refractivity contribution in [2.45, 2.75) is 66.0 Å². The minimum Gasteiger partial charge on any atom is -0.388 e. The lowest BCUT2D eigenvalue weighted by Gasteiger charge is -2.31. The fraction of sp³-hybridized carbons (Fsp3) is 0.632. The number of rotatable bonds is 3. The van der Waals surface area contributed by atoms with Crippen LogP contribution in [0.2, 0.25) is 0 Å². The van der Waals surface area contributed by atoms with Gasteiger partial charge in [-0.15, -0.1) is 0 Å². The molecule has 1 aromatic carbocycles. The van der Waals surface area contributed by atoms with Crippen LogP contribution in [-0.4, -0.2) is 11.0 Å². The molecule has 1 amide bonds. The summed E-state index contributed by atoms with van der Waals surface area (Å²) in [4.78, 5) is 12.0. The Kier molecular flexibility index (Phi) is 4.96. The van der Waals surface area contributed by atoms with E-state index in [9.17, 15) is 9.90 Å². The summed E-state index contributed by atoms with van der Waals surface area (Å²) in [5, 5.41) is 13.7. The molecule has 122 valence electrons. The predicted octanol–water partition coefficient (Wildman–Crippen LogP) is 3.92. The first-order valence-corrected chi connectivity index (χ1v) is 8.31. The maximum absolute atomic E-state index is 12.0. The number of hydrogen-bond donors (Lipinski definition) is 2. The normalized spacial score (nSPS) is 19.7. The molecule has 1 aliphatic carbocycles. The van der Waals surface area contributed by atoms with Gasteiger partial charge < -0.3 is 10.4 Å². The third-order valence-corrected chi connectivity index (χ3v) is 4.46. The number of aliphatic hydroxyl groups is 1. The van der Waals surface area contributed by atoms with Crippen molar-refractivity contribution in [3.05, 3.63) is 34.9 Å². The van der Waals surface area contributed by atoms with Crippen molar-refractivity contribution in [3.63, 3.8) is 0 Å². The van der Waals surface area contributed by atoms with Crippen molar-refractivity contribution in [1.82, 2.24) is 5.32 Å². The van der Waals surface area contributed by atoms with E-state index in [2.05, 4.69) is 17.4 Å². The highest BCUT2D eigenvalue weighted by atomic mass is 16.3. The third kappa shape index (κ3) is 3.70. The number of fused-ring (bicyclic) bond motifs is 1. The van der Waals surface area contributed by atoms with E-state index in [1.54, 1.807) is 0 Å². The smallest absolute Gasteiger partial charge is 0.223 e. The number of benzene rings is 1. The zero-order valence-electron chi connectivity index (χ0n) is 14.4. The van der Waals surface area contributed by atoms with E-state index >= 15 is 0 Å². The molecule has 0 saturated carbocycles. The number of carbonyl (C=O) groups is 1. The summed E-state index contributed by atoms with van der Waals surface area (Å²) in [5.41, 5.74) is 3.22. The lowest BCUT2D eigenvalue weighted by molar-refractivity contribution is -0.124. The van der Waals surface area contributed by atoms with Crippen molar-refractivity contribution in [2.24, 2.45) is 11.3 Å². The highest BCUT2D eigenvalue weighted by Gasteiger charge is 2.27. The number of hydrogen-bond acceptors (Lipinski definition) is 2. The second kappa shape index (κ2) is 6.41. The van der Waals surface area contributed by atoms with Crippen LogP contribution in [0.4, 0.5) is 0 Å². The number of amides is 1. The average molecular weight is 303 g/mol. The van der Waals surface area contributed by atoms with Gasteiger partial charge >= 0.3 is 0 Å². The van der Waals surface area contributed by atoms with Crippen molar-refractivity contribution in [1.29, 1.82) is 0 Å². The predicted molar refractivity (Wildman–Crippen MR) is 89.5 cm³/mol. The van der Waals surface area contributed by atoms with Crippen molar-refractivity contribution in [3.8, 4) is 0 Å². The van der Waals surface area contributed by atoms with Gasteiger partial charge in [0.2, 0.25) is 5.91 Å². The molecular weight excluding hydrogens is 274 g/mol. The van der Waals surface area contributed by atoms with Crippen LogP contribution in [0.5, 0.6) is 0 Å². The molecule has 3 heteroatoms. The first-order chi connectivity index (χ1) is 10.2. The number of aryl methyl sites for hydroxylation is 1. The minimum atomic E-state index is -0.499. The molecular formula is C19H29NO2. The number of nitrogens with one attached hydrogen (secondary N) is 1. The van der Waals surface area contributed by atoms with Crippen LogP contribution >= 0.6 is 0 Å². The molecule has 1 aliphatic rings. The maximum atomic E-state index is 12.0. The molecule has 22 heavy (non-hydrogen) atoms. The molecule has 0 fully saturated rings. The van der Waals surface area contributed by atoms with Gasteiger partial charge in [-0.1, -0.05) is 52.8 Å². The molecule has 0 aromatic heterocycles. The van der Waals surface area contributed by atoms with Gasteiger partial charge in [-0.25, -0.2) is 0 Å². The van der Waals surface area contributed by atoms with E-state index in [4.69, 9.17) is 0 Å². The molecule has 0 radical (unpaired) electrons. The molecule has 2 atom stereocenters. The zero-order valence-corrected chi connectivity index (χ0v) is 14.4. The highest BCUT2D eigenvalue weighted by Crippen LogP contribution is 2.37. The average Bonchev–Trinajstić information content (AvgIpc) is 2.45. The number of carbonyl (C=O) groups excluding carboxylic acids is 1. The van der Waals surface area contributed by atoms with Gasteiger partial charge in [0.1, 0.15) is 0 Å². The second-order valence-electron chi connectivity index (χ2n) is 7.83. The topological polar surface area (TPSA) is 49.3 Å². The lowest BCUT2D eigenvalue weighted by atomic mass is 9.81. The standard InChI is InChI=1S/C19H29NO2/c1-12(2)18(22)20-16-8-6-7-13-9-10-14(11-15(13)16)17(21)19(3,4)5/h9-12,16-17,21H,6-8H2,1-5H3,(H,20,22). The molecule has 0 saturated heterocycles. The second-order valence-corrected chi connectivity index (χ2v) is 7.83.